The first kappa shape index (κ1) is 16.0. The van der Waals surface area contributed by atoms with Gasteiger partial charge in [0.05, 0.1) is 6.54 Å². The van der Waals surface area contributed by atoms with Crippen LogP contribution in [0.3, 0.4) is 0 Å². The molecule has 0 saturated heterocycles. The molecule has 0 aliphatic heterocycles. The molecule has 21 heavy (non-hydrogen) atoms. The van der Waals surface area contributed by atoms with Crippen molar-refractivity contribution in [3.05, 3.63) is 47.6 Å². The molecule has 2 rings (SSSR count). The molecule has 0 aliphatic rings. The monoisotopic (exact) mass is 305 g/mol. The molecule has 5 heteroatoms. The van der Waals surface area contributed by atoms with Gasteiger partial charge in [0.25, 0.3) is 0 Å². The minimum atomic E-state index is 0.466. The smallest absolute Gasteiger partial charge is 0.240 e. The second-order valence-electron chi connectivity index (χ2n) is 5.03. The fourth-order valence-corrected chi connectivity index (χ4v) is 2.79. The lowest BCUT2D eigenvalue weighted by Gasteiger charge is -2.11. The van der Waals surface area contributed by atoms with Crippen LogP contribution in [-0.4, -0.2) is 27.7 Å². The van der Waals surface area contributed by atoms with Gasteiger partial charge in [-0.15, -0.1) is 0 Å². The number of rotatable bonds is 9. The summed E-state index contributed by atoms with van der Waals surface area (Å²) in [4.78, 5) is 4.43. The Hall–Kier alpha value is -1.33. The van der Waals surface area contributed by atoms with Crippen molar-refractivity contribution in [2.24, 2.45) is 0 Å². The van der Waals surface area contributed by atoms with Crippen molar-refractivity contribution < 1.29 is 4.52 Å². The summed E-state index contributed by atoms with van der Waals surface area (Å²) < 4.78 is 5.28. The van der Waals surface area contributed by atoms with Crippen molar-refractivity contribution >= 4 is 11.8 Å². The Kier molecular flexibility index (Phi) is 6.76. The Balaban J connectivity index is 1.75. The Morgan fingerprint density at radius 2 is 2.10 bits per heavy atom. The van der Waals surface area contributed by atoms with Gasteiger partial charge in [0.2, 0.25) is 5.89 Å². The van der Waals surface area contributed by atoms with Crippen molar-refractivity contribution in [1.29, 1.82) is 0 Å². The highest BCUT2D eigenvalue weighted by molar-refractivity contribution is 7.99. The van der Waals surface area contributed by atoms with Gasteiger partial charge >= 0.3 is 0 Å². The van der Waals surface area contributed by atoms with E-state index in [0.29, 0.717) is 24.9 Å². The minimum Gasteiger partial charge on any atom is -0.338 e. The predicted molar refractivity (Wildman–Crippen MR) is 87.5 cm³/mol. The highest BCUT2D eigenvalue weighted by atomic mass is 32.2. The number of nitrogens with zero attached hydrogens (tertiary/aromatic N) is 2. The van der Waals surface area contributed by atoms with E-state index in [4.69, 9.17) is 4.52 Å². The van der Waals surface area contributed by atoms with Gasteiger partial charge in [-0.05, 0) is 30.4 Å². The van der Waals surface area contributed by atoms with E-state index in [-0.39, 0.29) is 0 Å². The molecule has 1 aromatic carbocycles. The van der Waals surface area contributed by atoms with Crippen LogP contribution in [0.1, 0.15) is 37.5 Å². The van der Waals surface area contributed by atoms with E-state index in [9.17, 15) is 0 Å². The van der Waals surface area contributed by atoms with Gasteiger partial charge in [0, 0.05) is 12.5 Å². The second kappa shape index (κ2) is 8.85. The van der Waals surface area contributed by atoms with E-state index in [1.807, 2.05) is 30.0 Å². The standard InChI is InChI=1S/C16H23N3OS/c1-3-21-10-9-13(2)17-12-16-18-15(19-20-16)11-14-7-5-4-6-8-14/h4-8,13,17H,3,9-12H2,1-2H3. The van der Waals surface area contributed by atoms with Crippen molar-refractivity contribution in [1.82, 2.24) is 15.5 Å². The zero-order valence-electron chi connectivity index (χ0n) is 12.7. The molecule has 1 unspecified atom stereocenters. The normalized spacial score (nSPS) is 12.5. The maximum absolute atomic E-state index is 5.28. The van der Waals surface area contributed by atoms with Gasteiger partial charge in [0.15, 0.2) is 5.82 Å². The highest BCUT2D eigenvalue weighted by Gasteiger charge is 2.08. The SMILES string of the molecule is CCSCCC(C)NCc1nc(Cc2ccccc2)no1. The Bertz CT molecular complexity index is 515. The van der Waals surface area contributed by atoms with E-state index in [0.717, 1.165) is 12.2 Å². The molecule has 1 N–H and O–H groups in total. The molecular weight excluding hydrogens is 282 g/mol. The molecule has 0 aliphatic carbocycles. The van der Waals surface area contributed by atoms with Crippen molar-refractivity contribution in [3.8, 4) is 0 Å². The van der Waals surface area contributed by atoms with E-state index < -0.39 is 0 Å². The molecule has 1 aromatic heterocycles. The summed E-state index contributed by atoms with van der Waals surface area (Å²) in [5.41, 5.74) is 1.20. The predicted octanol–water partition coefficient (Wildman–Crippen LogP) is 3.28. The first-order valence-corrected chi connectivity index (χ1v) is 8.60. The van der Waals surface area contributed by atoms with Crippen LogP contribution in [0.4, 0.5) is 0 Å². The average molecular weight is 305 g/mol. The number of hydrogen-bond donors (Lipinski definition) is 1. The third kappa shape index (κ3) is 5.89. The first-order valence-electron chi connectivity index (χ1n) is 7.44. The molecule has 4 nitrogen and oxygen atoms in total. The molecule has 2 aromatic rings. The number of benzene rings is 1. The van der Waals surface area contributed by atoms with Crippen molar-refractivity contribution in [2.45, 2.75) is 39.3 Å². The van der Waals surface area contributed by atoms with Crippen LogP contribution >= 0.6 is 11.8 Å². The van der Waals surface area contributed by atoms with Crippen LogP contribution < -0.4 is 5.32 Å². The fraction of sp³-hybridized carbons (Fsp3) is 0.500. The summed E-state index contributed by atoms with van der Waals surface area (Å²) in [6.07, 6.45) is 1.87. The molecule has 0 amide bonds. The van der Waals surface area contributed by atoms with E-state index in [1.54, 1.807) is 0 Å². The van der Waals surface area contributed by atoms with Gasteiger partial charge in [-0.25, -0.2) is 0 Å². The molecule has 1 atom stereocenters. The first-order chi connectivity index (χ1) is 10.3. The summed E-state index contributed by atoms with van der Waals surface area (Å²) in [5.74, 6) is 3.77. The van der Waals surface area contributed by atoms with Crippen LogP contribution in [0.25, 0.3) is 0 Å². The number of aromatic nitrogens is 2. The summed E-state index contributed by atoms with van der Waals surface area (Å²) in [7, 11) is 0. The van der Waals surface area contributed by atoms with E-state index in [2.05, 4.69) is 41.4 Å². The van der Waals surface area contributed by atoms with Crippen LogP contribution in [0.15, 0.2) is 34.9 Å². The topological polar surface area (TPSA) is 51.0 Å². The van der Waals surface area contributed by atoms with E-state index >= 15 is 0 Å². The van der Waals surface area contributed by atoms with Crippen molar-refractivity contribution in [3.63, 3.8) is 0 Å². The summed E-state index contributed by atoms with van der Waals surface area (Å²) in [6, 6.07) is 10.7. The average Bonchev–Trinajstić information content (AvgIpc) is 2.94. The molecule has 0 saturated carbocycles. The Morgan fingerprint density at radius 1 is 1.29 bits per heavy atom. The highest BCUT2D eigenvalue weighted by Crippen LogP contribution is 2.07. The summed E-state index contributed by atoms with van der Waals surface area (Å²) >= 11 is 1.97. The zero-order valence-corrected chi connectivity index (χ0v) is 13.5. The van der Waals surface area contributed by atoms with Gasteiger partial charge in [-0.3, -0.25) is 0 Å². The number of thioether (sulfide) groups is 1. The summed E-state index contributed by atoms with van der Waals surface area (Å²) in [5, 5.41) is 7.46. The summed E-state index contributed by atoms with van der Waals surface area (Å²) in [6.45, 7) is 5.02. The van der Waals surface area contributed by atoms with Crippen LogP contribution in [-0.2, 0) is 13.0 Å². The van der Waals surface area contributed by atoms with Crippen LogP contribution in [0.2, 0.25) is 0 Å². The Labute approximate surface area is 130 Å². The van der Waals surface area contributed by atoms with Crippen molar-refractivity contribution in [2.75, 3.05) is 11.5 Å². The van der Waals surface area contributed by atoms with Gasteiger partial charge < -0.3 is 9.84 Å². The number of hydrogen-bond acceptors (Lipinski definition) is 5. The van der Waals surface area contributed by atoms with E-state index in [1.165, 1.54) is 17.1 Å². The molecular formula is C16H23N3OS. The maximum atomic E-state index is 5.28. The van der Waals surface area contributed by atoms with Gasteiger partial charge in [-0.1, -0.05) is 42.4 Å². The number of nitrogens with one attached hydrogen (secondary N) is 1. The Morgan fingerprint density at radius 3 is 2.86 bits per heavy atom. The molecule has 0 spiro atoms. The maximum Gasteiger partial charge on any atom is 0.240 e. The van der Waals surface area contributed by atoms with Gasteiger partial charge in [-0.2, -0.15) is 16.7 Å². The third-order valence-corrected chi connectivity index (χ3v) is 4.15. The largest absolute Gasteiger partial charge is 0.338 e. The molecule has 0 fully saturated rings. The molecule has 1 heterocycles. The molecule has 0 radical (unpaired) electrons. The lowest BCUT2D eigenvalue weighted by molar-refractivity contribution is 0.355. The minimum absolute atomic E-state index is 0.466. The molecule has 0 bridgehead atoms. The lowest BCUT2D eigenvalue weighted by Crippen LogP contribution is -2.26. The molecule has 114 valence electrons. The fourth-order valence-electron chi connectivity index (χ4n) is 1.98. The van der Waals surface area contributed by atoms with Crippen LogP contribution in [0.5, 0.6) is 0 Å². The lowest BCUT2D eigenvalue weighted by atomic mass is 10.1. The second-order valence-corrected chi connectivity index (χ2v) is 6.43. The quantitative estimate of drug-likeness (QED) is 0.721. The van der Waals surface area contributed by atoms with Gasteiger partial charge in [0.1, 0.15) is 0 Å². The zero-order chi connectivity index (χ0) is 14.9. The third-order valence-electron chi connectivity index (χ3n) is 3.22. The van der Waals surface area contributed by atoms with Crippen LogP contribution in [0, 0.1) is 0 Å².